The number of nitrogens with zero attached hydrogens (tertiary/aromatic N) is 1. The summed E-state index contributed by atoms with van der Waals surface area (Å²) in [5.41, 5.74) is 0. The molecule has 2 N–H and O–H groups in total. The Morgan fingerprint density at radius 2 is 1.89 bits per heavy atom. The van der Waals surface area contributed by atoms with Crippen LogP contribution in [-0.2, 0) is 4.79 Å². The van der Waals surface area contributed by atoms with Crippen molar-refractivity contribution >= 4 is 11.9 Å². The molecule has 18 heavy (non-hydrogen) atoms. The summed E-state index contributed by atoms with van der Waals surface area (Å²) in [5.74, 6) is 0.410. The van der Waals surface area contributed by atoms with Gasteiger partial charge >= 0.3 is 6.03 Å². The molecule has 2 atom stereocenters. The molecule has 1 saturated heterocycles. The van der Waals surface area contributed by atoms with E-state index in [0.717, 1.165) is 19.5 Å². The molecule has 5 heteroatoms. The maximum Gasteiger partial charge on any atom is 0.318 e. The highest BCUT2D eigenvalue weighted by molar-refractivity contribution is 5.86. The van der Waals surface area contributed by atoms with Gasteiger partial charge in [0.05, 0.1) is 0 Å². The predicted molar refractivity (Wildman–Crippen MR) is 71.2 cm³/mol. The summed E-state index contributed by atoms with van der Waals surface area (Å²) in [6.45, 7) is 9.23. The fraction of sp³-hybridized carbons (Fsp3) is 0.846. The Kier molecular flexibility index (Phi) is 5.44. The van der Waals surface area contributed by atoms with E-state index in [4.69, 9.17) is 0 Å². The van der Waals surface area contributed by atoms with Crippen molar-refractivity contribution in [2.45, 2.75) is 52.6 Å². The van der Waals surface area contributed by atoms with E-state index in [9.17, 15) is 9.59 Å². The summed E-state index contributed by atoms with van der Waals surface area (Å²) < 4.78 is 0. The Labute approximate surface area is 109 Å². The molecule has 5 nitrogen and oxygen atoms in total. The number of nitrogens with one attached hydrogen (secondary N) is 2. The van der Waals surface area contributed by atoms with Gasteiger partial charge in [-0.3, -0.25) is 4.79 Å². The van der Waals surface area contributed by atoms with E-state index < -0.39 is 6.04 Å². The third-order valence-corrected chi connectivity index (χ3v) is 3.11. The Morgan fingerprint density at radius 1 is 1.22 bits per heavy atom. The summed E-state index contributed by atoms with van der Waals surface area (Å²) in [5, 5.41) is 5.54. The Balaban J connectivity index is 2.41. The minimum atomic E-state index is -0.489. The Hall–Kier alpha value is -1.26. The van der Waals surface area contributed by atoms with Crippen molar-refractivity contribution in [3.05, 3.63) is 0 Å². The van der Waals surface area contributed by atoms with Crippen molar-refractivity contribution in [1.29, 1.82) is 0 Å². The van der Waals surface area contributed by atoms with Gasteiger partial charge in [-0.1, -0.05) is 6.92 Å². The van der Waals surface area contributed by atoms with E-state index in [1.165, 1.54) is 6.42 Å². The fourth-order valence-electron chi connectivity index (χ4n) is 2.13. The smallest absolute Gasteiger partial charge is 0.318 e. The average Bonchev–Trinajstić information content (AvgIpc) is 2.27. The number of likely N-dealkylation sites (tertiary alicyclic amines) is 1. The molecule has 0 radical (unpaired) electrons. The topological polar surface area (TPSA) is 61.4 Å². The molecule has 1 rings (SSSR count). The zero-order chi connectivity index (χ0) is 13.7. The molecular weight excluding hydrogens is 230 g/mol. The highest BCUT2D eigenvalue weighted by atomic mass is 16.2. The molecule has 0 spiro atoms. The lowest BCUT2D eigenvalue weighted by molar-refractivity contribution is -0.123. The van der Waals surface area contributed by atoms with Crippen LogP contribution in [0.5, 0.6) is 0 Å². The SMILES string of the molecule is CC1CCCN(C(=O)NC(C)C(=O)NC(C)C)C1. The van der Waals surface area contributed by atoms with Gasteiger partial charge in [-0.2, -0.15) is 0 Å². The molecule has 104 valence electrons. The third kappa shape index (κ3) is 4.55. The van der Waals surface area contributed by atoms with Crippen LogP contribution in [0.3, 0.4) is 0 Å². The van der Waals surface area contributed by atoms with Crippen LogP contribution in [0.25, 0.3) is 0 Å². The van der Waals surface area contributed by atoms with E-state index in [1.54, 1.807) is 11.8 Å². The number of rotatable bonds is 3. The lowest BCUT2D eigenvalue weighted by atomic mass is 10.0. The van der Waals surface area contributed by atoms with Gasteiger partial charge in [0, 0.05) is 19.1 Å². The van der Waals surface area contributed by atoms with Crippen LogP contribution in [-0.4, -0.2) is 42.0 Å². The van der Waals surface area contributed by atoms with E-state index >= 15 is 0 Å². The van der Waals surface area contributed by atoms with Crippen molar-refractivity contribution in [3.63, 3.8) is 0 Å². The van der Waals surface area contributed by atoms with E-state index in [1.807, 2.05) is 13.8 Å². The van der Waals surface area contributed by atoms with Gasteiger partial charge in [-0.15, -0.1) is 0 Å². The first kappa shape index (κ1) is 14.8. The first-order valence-corrected chi connectivity index (χ1v) is 6.76. The van der Waals surface area contributed by atoms with E-state index in [-0.39, 0.29) is 18.0 Å². The van der Waals surface area contributed by atoms with E-state index in [2.05, 4.69) is 17.6 Å². The quantitative estimate of drug-likeness (QED) is 0.799. The molecule has 0 aliphatic carbocycles. The molecule has 0 aromatic heterocycles. The summed E-state index contributed by atoms with van der Waals surface area (Å²) in [4.78, 5) is 25.5. The fourth-order valence-corrected chi connectivity index (χ4v) is 2.13. The first-order chi connectivity index (χ1) is 8.40. The van der Waals surface area contributed by atoms with Crippen molar-refractivity contribution in [3.8, 4) is 0 Å². The number of carbonyl (C=O) groups is 2. The standard InChI is InChI=1S/C13H25N3O2/c1-9(2)14-12(17)11(4)15-13(18)16-7-5-6-10(3)8-16/h9-11H,5-8H2,1-4H3,(H,14,17)(H,15,18). The zero-order valence-corrected chi connectivity index (χ0v) is 11.8. The maximum atomic E-state index is 12.0. The molecule has 0 bridgehead atoms. The lowest BCUT2D eigenvalue weighted by Gasteiger charge is -2.31. The van der Waals surface area contributed by atoms with Gasteiger partial charge in [0.25, 0.3) is 0 Å². The van der Waals surface area contributed by atoms with Crippen molar-refractivity contribution < 1.29 is 9.59 Å². The Morgan fingerprint density at radius 3 is 2.44 bits per heavy atom. The van der Waals surface area contributed by atoms with Crippen molar-refractivity contribution in [2.75, 3.05) is 13.1 Å². The number of hydrogen-bond acceptors (Lipinski definition) is 2. The highest BCUT2D eigenvalue weighted by Gasteiger charge is 2.23. The molecule has 0 aromatic carbocycles. The molecule has 0 saturated carbocycles. The minimum absolute atomic E-state index is 0.0897. The molecule has 1 fully saturated rings. The largest absolute Gasteiger partial charge is 0.352 e. The Bertz CT molecular complexity index is 305. The normalized spacial score (nSPS) is 21.6. The van der Waals surface area contributed by atoms with Crippen LogP contribution in [0.4, 0.5) is 4.79 Å². The number of carbonyl (C=O) groups excluding carboxylic acids is 2. The van der Waals surface area contributed by atoms with Crippen LogP contribution in [0.2, 0.25) is 0 Å². The number of amides is 3. The molecule has 2 unspecified atom stereocenters. The number of urea groups is 1. The second-order valence-corrected chi connectivity index (χ2v) is 5.53. The summed E-state index contributed by atoms with van der Waals surface area (Å²) in [6, 6.07) is -0.531. The van der Waals surface area contributed by atoms with E-state index in [0.29, 0.717) is 5.92 Å². The van der Waals surface area contributed by atoms with Crippen LogP contribution in [0.1, 0.15) is 40.5 Å². The summed E-state index contributed by atoms with van der Waals surface area (Å²) in [6.07, 6.45) is 2.22. The minimum Gasteiger partial charge on any atom is -0.352 e. The van der Waals surface area contributed by atoms with Crippen LogP contribution in [0, 0.1) is 5.92 Å². The monoisotopic (exact) mass is 255 g/mol. The van der Waals surface area contributed by atoms with Gasteiger partial charge < -0.3 is 15.5 Å². The second kappa shape index (κ2) is 6.61. The number of piperidine rings is 1. The molecule has 3 amide bonds. The van der Waals surface area contributed by atoms with Gasteiger partial charge in [0.15, 0.2) is 0 Å². The molecule has 0 aromatic rings. The lowest BCUT2D eigenvalue weighted by Crippen LogP contribution is -2.52. The van der Waals surface area contributed by atoms with Gasteiger partial charge in [0.2, 0.25) is 5.91 Å². The van der Waals surface area contributed by atoms with Gasteiger partial charge in [0.1, 0.15) is 6.04 Å². The highest BCUT2D eigenvalue weighted by Crippen LogP contribution is 2.15. The van der Waals surface area contributed by atoms with Crippen LogP contribution < -0.4 is 10.6 Å². The van der Waals surface area contributed by atoms with Gasteiger partial charge in [-0.05, 0) is 39.5 Å². The van der Waals surface area contributed by atoms with Gasteiger partial charge in [-0.25, -0.2) is 4.79 Å². The summed E-state index contributed by atoms with van der Waals surface area (Å²) >= 11 is 0. The van der Waals surface area contributed by atoms with Crippen LogP contribution >= 0.6 is 0 Å². The van der Waals surface area contributed by atoms with Crippen molar-refractivity contribution in [1.82, 2.24) is 15.5 Å². The van der Waals surface area contributed by atoms with Crippen molar-refractivity contribution in [2.24, 2.45) is 5.92 Å². The first-order valence-electron chi connectivity index (χ1n) is 6.76. The zero-order valence-electron chi connectivity index (χ0n) is 11.8. The average molecular weight is 255 g/mol. The second-order valence-electron chi connectivity index (χ2n) is 5.53. The maximum absolute atomic E-state index is 12.0. The predicted octanol–water partition coefficient (Wildman–Crippen LogP) is 1.34. The summed E-state index contributed by atoms with van der Waals surface area (Å²) in [7, 11) is 0. The molecule has 1 aliphatic heterocycles. The molecule has 1 heterocycles. The number of hydrogen-bond donors (Lipinski definition) is 2. The third-order valence-electron chi connectivity index (χ3n) is 3.11. The molecule has 1 aliphatic rings. The van der Waals surface area contributed by atoms with Crippen LogP contribution in [0.15, 0.2) is 0 Å². The molecular formula is C13H25N3O2.